The molecule has 0 fully saturated rings. The maximum absolute atomic E-state index is 12.3. The van der Waals surface area contributed by atoms with Gasteiger partial charge in [-0.2, -0.15) is 0 Å². The number of rotatable bonds is 8. The van der Waals surface area contributed by atoms with E-state index in [1.807, 2.05) is 0 Å². The third-order valence-electron chi connectivity index (χ3n) is 5.31. The highest BCUT2D eigenvalue weighted by molar-refractivity contribution is 7.18. The van der Waals surface area contributed by atoms with Crippen LogP contribution < -0.4 is 0 Å². The average Bonchev–Trinajstić information content (AvgIpc) is 3.41. The van der Waals surface area contributed by atoms with Gasteiger partial charge in [0.15, 0.2) is 5.78 Å². The highest BCUT2D eigenvalue weighted by Crippen LogP contribution is 2.28. The lowest BCUT2D eigenvalue weighted by Crippen LogP contribution is -2.11. The summed E-state index contributed by atoms with van der Waals surface area (Å²) in [7, 11) is 4.16. The summed E-state index contributed by atoms with van der Waals surface area (Å²) in [5.74, 6) is 0.106. The Hall–Kier alpha value is -2.47. The zero-order chi connectivity index (χ0) is 21.8. The summed E-state index contributed by atoms with van der Waals surface area (Å²) >= 11 is 7.24. The lowest BCUT2D eigenvalue weighted by Gasteiger charge is -2.14. The zero-order valence-electron chi connectivity index (χ0n) is 17.7. The first-order chi connectivity index (χ1) is 15.0. The Morgan fingerprint density at radius 2 is 1.84 bits per heavy atom. The van der Waals surface area contributed by atoms with E-state index in [1.165, 1.54) is 28.0 Å². The summed E-state index contributed by atoms with van der Waals surface area (Å²) < 4.78 is 0.638. The lowest BCUT2D eigenvalue weighted by atomic mass is 9.96. The average molecular weight is 453 g/mol. The van der Waals surface area contributed by atoms with E-state index in [0.717, 1.165) is 24.2 Å². The summed E-state index contributed by atoms with van der Waals surface area (Å²) in [4.78, 5) is 20.8. The van der Waals surface area contributed by atoms with Crippen LogP contribution in [0.2, 0.25) is 4.34 Å². The van der Waals surface area contributed by atoms with Crippen molar-refractivity contribution in [2.75, 3.05) is 14.1 Å². The molecule has 0 amide bonds. The number of nitrogens with zero attached hydrogens (tertiary/aromatic N) is 2. The van der Waals surface area contributed by atoms with Crippen LogP contribution in [0.4, 0.5) is 0 Å². The standard InChI is InChI=1S/C25H25ClN2O2S/c1-28(2)16-19-5-3-4-6-21(19)17-7-9-18(10-8-17)22-15-20(30-27-22)11-12-23(29)24-13-14-25(26)31-24/h3-10,13-14,20H,11-12,15-16H2,1-2H3. The number of benzene rings is 2. The van der Waals surface area contributed by atoms with Crippen molar-refractivity contribution in [1.82, 2.24) is 4.90 Å². The van der Waals surface area contributed by atoms with E-state index in [9.17, 15) is 4.79 Å². The fraction of sp³-hybridized carbons (Fsp3) is 0.280. The summed E-state index contributed by atoms with van der Waals surface area (Å²) in [6.07, 6.45) is 1.74. The van der Waals surface area contributed by atoms with Crippen molar-refractivity contribution in [2.45, 2.75) is 31.9 Å². The quantitative estimate of drug-likeness (QED) is 0.377. The third kappa shape index (κ3) is 5.42. The number of halogens is 1. The molecule has 4 rings (SSSR count). The molecule has 1 aromatic heterocycles. The molecule has 0 saturated heterocycles. The molecule has 0 aliphatic carbocycles. The highest BCUT2D eigenvalue weighted by Gasteiger charge is 2.23. The molecule has 1 unspecified atom stereocenters. The van der Waals surface area contributed by atoms with E-state index in [4.69, 9.17) is 16.4 Å². The number of hydrogen-bond donors (Lipinski definition) is 0. The van der Waals surface area contributed by atoms with Crippen LogP contribution in [0.15, 0.2) is 65.8 Å². The molecule has 1 aliphatic heterocycles. The second kappa shape index (κ2) is 9.77. The molecular formula is C25H25ClN2O2S. The van der Waals surface area contributed by atoms with Gasteiger partial charge in [-0.3, -0.25) is 4.79 Å². The van der Waals surface area contributed by atoms with Gasteiger partial charge in [-0.15, -0.1) is 11.3 Å². The minimum absolute atomic E-state index is 0.0603. The molecule has 0 radical (unpaired) electrons. The van der Waals surface area contributed by atoms with Gasteiger partial charge in [0.2, 0.25) is 0 Å². The van der Waals surface area contributed by atoms with E-state index in [2.05, 4.69) is 72.7 Å². The van der Waals surface area contributed by atoms with Crippen LogP contribution in [0.25, 0.3) is 11.1 Å². The summed E-state index contributed by atoms with van der Waals surface area (Å²) in [6, 6.07) is 20.5. The molecule has 31 heavy (non-hydrogen) atoms. The van der Waals surface area contributed by atoms with Crippen molar-refractivity contribution in [3.8, 4) is 11.1 Å². The fourth-order valence-corrected chi connectivity index (χ4v) is 4.77. The van der Waals surface area contributed by atoms with Crippen LogP contribution >= 0.6 is 22.9 Å². The molecule has 2 heterocycles. The molecule has 2 aromatic carbocycles. The Morgan fingerprint density at radius 3 is 2.55 bits per heavy atom. The first kappa shape index (κ1) is 21.8. The second-order valence-corrected chi connectivity index (χ2v) is 9.72. The number of carbonyl (C=O) groups is 1. The van der Waals surface area contributed by atoms with Crippen molar-refractivity contribution in [2.24, 2.45) is 5.16 Å². The minimum atomic E-state index is -0.0603. The predicted octanol–water partition coefficient (Wildman–Crippen LogP) is 6.29. The number of Topliss-reactive ketones (excluding diaryl/α,β-unsaturated/α-hetero) is 1. The molecule has 0 saturated carbocycles. The predicted molar refractivity (Wildman–Crippen MR) is 128 cm³/mol. The topological polar surface area (TPSA) is 41.9 Å². The summed E-state index contributed by atoms with van der Waals surface area (Å²) in [5, 5.41) is 4.28. The second-order valence-electron chi connectivity index (χ2n) is 8.01. The van der Waals surface area contributed by atoms with Gasteiger partial charge in [-0.05, 0) is 54.9 Å². The summed E-state index contributed by atoms with van der Waals surface area (Å²) in [5.41, 5.74) is 5.74. The number of oxime groups is 1. The van der Waals surface area contributed by atoms with E-state index in [-0.39, 0.29) is 11.9 Å². The molecule has 6 heteroatoms. The van der Waals surface area contributed by atoms with Crippen LogP contribution in [0.1, 0.15) is 40.1 Å². The molecule has 1 aliphatic rings. The maximum Gasteiger partial charge on any atom is 0.172 e. The van der Waals surface area contributed by atoms with Crippen LogP contribution in [-0.4, -0.2) is 36.6 Å². The van der Waals surface area contributed by atoms with E-state index in [1.54, 1.807) is 12.1 Å². The van der Waals surface area contributed by atoms with E-state index >= 15 is 0 Å². The van der Waals surface area contributed by atoms with Crippen LogP contribution in [0.3, 0.4) is 0 Å². The maximum atomic E-state index is 12.3. The van der Waals surface area contributed by atoms with Gasteiger partial charge in [-0.25, -0.2) is 0 Å². The van der Waals surface area contributed by atoms with Crippen molar-refractivity contribution in [1.29, 1.82) is 0 Å². The Labute approximate surface area is 192 Å². The minimum Gasteiger partial charge on any atom is -0.392 e. The molecule has 0 N–H and O–H groups in total. The molecule has 160 valence electrons. The highest BCUT2D eigenvalue weighted by atomic mass is 35.5. The number of ketones is 1. The third-order valence-corrected chi connectivity index (χ3v) is 6.58. The Balaban J connectivity index is 1.37. The number of carbonyl (C=O) groups excluding carboxylic acids is 1. The van der Waals surface area contributed by atoms with Crippen molar-refractivity contribution in [3.05, 3.63) is 81.0 Å². The smallest absolute Gasteiger partial charge is 0.172 e. The van der Waals surface area contributed by atoms with Crippen LogP contribution in [0.5, 0.6) is 0 Å². The van der Waals surface area contributed by atoms with E-state index in [0.29, 0.717) is 22.1 Å². The first-order valence-electron chi connectivity index (χ1n) is 10.3. The number of thiophene rings is 1. The van der Waals surface area contributed by atoms with Crippen molar-refractivity contribution < 1.29 is 9.63 Å². The molecule has 1 atom stereocenters. The zero-order valence-corrected chi connectivity index (χ0v) is 19.2. The lowest BCUT2D eigenvalue weighted by molar-refractivity contribution is 0.0720. The van der Waals surface area contributed by atoms with Gasteiger partial charge in [0.25, 0.3) is 0 Å². The Kier molecular flexibility index (Phi) is 6.86. The number of hydrogen-bond acceptors (Lipinski definition) is 5. The monoisotopic (exact) mass is 452 g/mol. The normalized spacial score (nSPS) is 15.7. The SMILES string of the molecule is CN(C)Cc1ccccc1-c1ccc(C2=NOC(CCC(=O)c3ccc(Cl)s3)C2)cc1. The Morgan fingerprint density at radius 1 is 1.10 bits per heavy atom. The van der Waals surface area contributed by atoms with Gasteiger partial charge in [0, 0.05) is 19.4 Å². The molecule has 4 nitrogen and oxygen atoms in total. The molecule has 0 spiro atoms. The van der Waals surface area contributed by atoms with Crippen molar-refractivity contribution >= 4 is 34.4 Å². The fourth-order valence-electron chi connectivity index (χ4n) is 3.76. The first-order valence-corrected chi connectivity index (χ1v) is 11.5. The van der Waals surface area contributed by atoms with Gasteiger partial charge in [0.1, 0.15) is 6.10 Å². The van der Waals surface area contributed by atoms with Gasteiger partial charge < -0.3 is 9.74 Å². The van der Waals surface area contributed by atoms with Crippen LogP contribution in [-0.2, 0) is 11.4 Å². The van der Waals surface area contributed by atoms with E-state index < -0.39 is 0 Å². The largest absolute Gasteiger partial charge is 0.392 e. The molecule has 0 bridgehead atoms. The van der Waals surface area contributed by atoms with Crippen LogP contribution in [0, 0.1) is 0 Å². The molecule has 3 aromatic rings. The van der Waals surface area contributed by atoms with Gasteiger partial charge in [0.05, 0.1) is 14.9 Å². The molecular weight excluding hydrogens is 428 g/mol. The van der Waals surface area contributed by atoms with Gasteiger partial charge >= 0.3 is 0 Å². The summed E-state index contributed by atoms with van der Waals surface area (Å²) in [6.45, 7) is 0.899. The van der Waals surface area contributed by atoms with Crippen molar-refractivity contribution in [3.63, 3.8) is 0 Å². The Bertz CT molecular complexity index is 1090. The van der Waals surface area contributed by atoms with Gasteiger partial charge in [-0.1, -0.05) is 65.3 Å².